The average molecular weight is 275 g/mol. The van der Waals surface area contributed by atoms with Crippen LogP contribution in [0.5, 0.6) is 5.75 Å². The maximum Gasteiger partial charge on any atom is 0.496 e. The predicted octanol–water partition coefficient (Wildman–Crippen LogP) is 2.27. The zero-order valence-corrected chi connectivity index (χ0v) is 12.9. The van der Waals surface area contributed by atoms with E-state index in [0.717, 1.165) is 11.2 Å². The molecule has 1 aliphatic heterocycles. The van der Waals surface area contributed by atoms with Gasteiger partial charge < -0.3 is 14.0 Å². The molecule has 2 fully saturated rings. The van der Waals surface area contributed by atoms with Crippen molar-refractivity contribution in [2.45, 2.75) is 57.7 Å². The molecule has 0 aromatic carbocycles. The third-order valence-electron chi connectivity index (χ3n) is 4.69. The zero-order chi connectivity index (χ0) is 14.5. The number of aromatic nitrogens is 1. The van der Waals surface area contributed by atoms with Gasteiger partial charge in [-0.3, -0.25) is 4.98 Å². The van der Waals surface area contributed by atoms with Gasteiger partial charge in [0.05, 0.1) is 24.5 Å². The van der Waals surface area contributed by atoms with Crippen molar-refractivity contribution in [2.75, 3.05) is 7.11 Å². The molecule has 0 spiro atoms. The lowest BCUT2D eigenvalue weighted by Gasteiger charge is -2.32. The molecule has 1 aliphatic carbocycles. The van der Waals surface area contributed by atoms with E-state index >= 15 is 0 Å². The third-order valence-corrected chi connectivity index (χ3v) is 4.69. The first-order chi connectivity index (χ1) is 9.36. The summed E-state index contributed by atoms with van der Waals surface area (Å²) in [6, 6.07) is 0. The van der Waals surface area contributed by atoms with Gasteiger partial charge >= 0.3 is 7.12 Å². The summed E-state index contributed by atoms with van der Waals surface area (Å²) < 4.78 is 17.8. The van der Waals surface area contributed by atoms with E-state index in [2.05, 4.69) is 32.7 Å². The molecule has 0 bridgehead atoms. The van der Waals surface area contributed by atoms with E-state index in [0.29, 0.717) is 5.92 Å². The summed E-state index contributed by atoms with van der Waals surface area (Å²) in [6.45, 7) is 8.27. The van der Waals surface area contributed by atoms with E-state index in [-0.39, 0.29) is 18.3 Å². The van der Waals surface area contributed by atoms with Gasteiger partial charge in [0.25, 0.3) is 0 Å². The van der Waals surface area contributed by atoms with E-state index in [1.54, 1.807) is 13.3 Å². The molecule has 108 valence electrons. The van der Waals surface area contributed by atoms with Gasteiger partial charge in [-0.05, 0) is 46.5 Å². The van der Waals surface area contributed by atoms with Crippen molar-refractivity contribution >= 4 is 12.6 Å². The van der Waals surface area contributed by atoms with E-state index in [9.17, 15) is 0 Å². The SMILES string of the molecule is COc1cncc(B2OC(C)(C)C(C)(C)O2)c1C1CC1. The molecule has 2 aliphatic rings. The van der Waals surface area contributed by atoms with Crippen LogP contribution in [0, 0.1) is 0 Å². The Morgan fingerprint density at radius 1 is 1.15 bits per heavy atom. The maximum absolute atomic E-state index is 6.15. The van der Waals surface area contributed by atoms with E-state index in [4.69, 9.17) is 14.0 Å². The molecule has 4 nitrogen and oxygen atoms in total. The highest BCUT2D eigenvalue weighted by molar-refractivity contribution is 6.62. The Hall–Kier alpha value is -1.07. The minimum atomic E-state index is -0.363. The zero-order valence-electron chi connectivity index (χ0n) is 12.9. The smallest absolute Gasteiger partial charge is 0.495 e. The fraction of sp³-hybridized carbons (Fsp3) is 0.667. The molecule has 2 heterocycles. The Kier molecular flexibility index (Phi) is 3.10. The van der Waals surface area contributed by atoms with Crippen LogP contribution in [0.15, 0.2) is 12.4 Å². The van der Waals surface area contributed by atoms with E-state index < -0.39 is 0 Å². The van der Waals surface area contributed by atoms with Crippen molar-refractivity contribution in [1.82, 2.24) is 4.98 Å². The van der Waals surface area contributed by atoms with Crippen molar-refractivity contribution in [2.24, 2.45) is 0 Å². The molecule has 0 amide bonds. The van der Waals surface area contributed by atoms with Crippen molar-refractivity contribution in [3.63, 3.8) is 0 Å². The van der Waals surface area contributed by atoms with Gasteiger partial charge in [0.2, 0.25) is 0 Å². The number of hydrogen-bond donors (Lipinski definition) is 0. The van der Waals surface area contributed by atoms with Crippen molar-refractivity contribution in [3.8, 4) is 5.75 Å². The molecule has 0 N–H and O–H groups in total. The second-order valence-electron chi connectivity index (χ2n) is 6.71. The second-order valence-corrected chi connectivity index (χ2v) is 6.71. The first-order valence-electron chi connectivity index (χ1n) is 7.23. The second kappa shape index (κ2) is 4.47. The normalized spacial score (nSPS) is 23.9. The third kappa shape index (κ3) is 2.13. The number of methoxy groups -OCH3 is 1. The minimum absolute atomic E-state index is 0.332. The summed E-state index contributed by atoms with van der Waals surface area (Å²) in [7, 11) is 1.33. The molecule has 20 heavy (non-hydrogen) atoms. The summed E-state index contributed by atoms with van der Waals surface area (Å²) in [5.74, 6) is 1.40. The Morgan fingerprint density at radius 2 is 1.75 bits per heavy atom. The number of rotatable bonds is 3. The summed E-state index contributed by atoms with van der Waals surface area (Å²) in [5, 5.41) is 0. The number of nitrogens with zero attached hydrogens (tertiary/aromatic N) is 1. The molecule has 0 radical (unpaired) electrons. The van der Waals surface area contributed by atoms with Crippen LogP contribution in [0.4, 0.5) is 0 Å². The molecule has 1 aromatic heterocycles. The summed E-state index contributed by atoms with van der Waals surface area (Å²) in [5.41, 5.74) is 1.56. The predicted molar refractivity (Wildman–Crippen MR) is 78.5 cm³/mol. The Bertz CT molecular complexity index is 510. The average Bonchev–Trinajstić information content (AvgIpc) is 3.17. The highest BCUT2D eigenvalue weighted by atomic mass is 16.7. The largest absolute Gasteiger partial charge is 0.496 e. The van der Waals surface area contributed by atoms with Gasteiger partial charge in [0.1, 0.15) is 5.75 Å². The van der Waals surface area contributed by atoms with Crippen LogP contribution in [-0.2, 0) is 9.31 Å². The summed E-state index contributed by atoms with van der Waals surface area (Å²) in [6.07, 6.45) is 6.04. The molecule has 1 saturated heterocycles. The van der Waals surface area contributed by atoms with Gasteiger partial charge in [0, 0.05) is 17.2 Å². The quantitative estimate of drug-likeness (QED) is 0.793. The topological polar surface area (TPSA) is 40.6 Å². The lowest BCUT2D eigenvalue weighted by Crippen LogP contribution is -2.41. The number of pyridine rings is 1. The van der Waals surface area contributed by atoms with Crippen LogP contribution in [0.2, 0.25) is 0 Å². The minimum Gasteiger partial charge on any atom is -0.495 e. The highest BCUT2D eigenvalue weighted by Gasteiger charge is 2.53. The fourth-order valence-corrected chi connectivity index (χ4v) is 2.60. The Morgan fingerprint density at radius 3 is 2.25 bits per heavy atom. The van der Waals surface area contributed by atoms with Crippen LogP contribution in [0.25, 0.3) is 0 Å². The Balaban J connectivity index is 2.00. The fourth-order valence-electron chi connectivity index (χ4n) is 2.60. The maximum atomic E-state index is 6.15. The van der Waals surface area contributed by atoms with Crippen molar-refractivity contribution in [1.29, 1.82) is 0 Å². The highest BCUT2D eigenvalue weighted by Crippen LogP contribution is 2.44. The van der Waals surface area contributed by atoms with Crippen LogP contribution >= 0.6 is 0 Å². The molecule has 3 rings (SSSR count). The van der Waals surface area contributed by atoms with Crippen molar-refractivity contribution in [3.05, 3.63) is 18.0 Å². The molecule has 1 saturated carbocycles. The standard InChI is InChI=1S/C15H22BNO3/c1-14(2)15(3,4)20-16(19-14)11-8-17-9-12(18-5)13(11)10-6-7-10/h8-10H,6-7H2,1-5H3. The molecule has 1 aromatic rings. The van der Waals surface area contributed by atoms with Gasteiger partial charge in [0.15, 0.2) is 0 Å². The molecular formula is C15H22BNO3. The van der Waals surface area contributed by atoms with Crippen molar-refractivity contribution < 1.29 is 14.0 Å². The first kappa shape index (κ1) is 13.9. The van der Waals surface area contributed by atoms with Gasteiger partial charge in [-0.2, -0.15) is 0 Å². The number of hydrogen-bond acceptors (Lipinski definition) is 4. The van der Waals surface area contributed by atoms with Crippen LogP contribution in [-0.4, -0.2) is 30.4 Å². The lowest BCUT2D eigenvalue weighted by atomic mass is 9.75. The molecular weight excluding hydrogens is 253 g/mol. The van der Waals surface area contributed by atoms with Crippen LogP contribution in [0.3, 0.4) is 0 Å². The van der Waals surface area contributed by atoms with Gasteiger partial charge in [-0.15, -0.1) is 0 Å². The Labute approximate surface area is 121 Å². The van der Waals surface area contributed by atoms with Crippen LogP contribution in [0.1, 0.15) is 52.0 Å². The molecule has 5 heteroatoms. The summed E-state index contributed by atoms with van der Waals surface area (Å²) in [4.78, 5) is 4.28. The van der Waals surface area contributed by atoms with E-state index in [1.165, 1.54) is 18.4 Å². The van der Waals surface area contributed by atoms with E-state index in [1.807, 2.05) is 6.20 Å². The summed E-state index contributed by atoms with van der Waals surface area (Å²) >= 11 is 0. The lowest BCUT2D eigenvalue weighted by molar-refractivity contribution is 0.00578. The van der Waals surface area contributed by atoms with Gasteiger partial charge in [-0.25, -0.2) is 0 Å². The monoisotopic (exact) mass is 275 g/mol. The molecule has 0 atom stereocenters. The number of ether oxygens (including phenoxy) is 1. The van der Waals surface area contributed by atoms with Gasteiger partial charge in [-0.1, -0.05) is 0 Å². The van der Waals surface area contributed by atoms with Crippen LogP contribution < -0.4 is 10.2 Å². The first-order valence-corrected chi connectivity index (χ1v) is 7.23. The molecule has 0 unspecified atom stereocenters.